The Bertz CT molecular complexity index is 809. The van der Waals surface area contributed by atoms with Crippen molar-refractivity contribution in [1.82, 2.24) is 9.97 Å². The summed E-state index contributed by atoms with van der Waals surface area (Å²) in [5.41, 5.74) is 5.47. The zero-order valence-electron chi connectivity index (χ0n) is 11.7. The highest BCUT2D eigenvalue weighted by molar-refractivity contribution is 6.34. The van der Waals surface area contributed by atoms with E-state index in [4.69, 9.17) is 11.6 Å². The molecule has 0 atom stereocenters. The van der Waals surface area contributed by atoms with Crippen molar-refractivity contribution in [2.75, 3.05) is 0 Å². The van der Waals surface area contributed by atoms with Gasteiger partial charge in [0.15, 0.2) is 5.82 Å². The maximum atomic E-state index is 6.34. The van der Waals surface area contributed by atoms with Crippen LogP contribution in [0.4, 0.5) is 0 Å². The molecule has 0 saturated heterocycles. The summed E-state index contributed by atoms with van der Waals surface area (Å²) in [6.45, 7) is 6.20. The smallest absolute Gasteiger partial charge is 0.161 e. The minimum atomic E-state index is 0.515. The normalized spacial score (nSPS) is 11.0. The van der Waals surface area contributed by atoms with Crippen LogP contribution in [0, 0.1) is 20.8 Å². The van der Waals surface area contributed by atoms with E-state index < -0.39 is 0 Å². The topological polar surface area (TPSA) is 25.8 Å². The first-order chi connectivity index (χ1) is 9.56. The maximum absolute atomic E-state index is 6.34. The molecule has 3 rings (SSSR count). The zero-order chi connectivity index (χ0) is 14.3. The van der Waals surface area contributed by atoms with Gasteiger partial charge in [0.2, 0.25) is 0 Å². The number of nitrogens with zero attached hydrogens (tertiary/aromatic N) is 2. The largest absolute Gasteiger partial charge is 0.228 e. The zero-order valence-corrected chi connectivity index (χ0v) is 12.5. The molecule has 20 heavy (non-hydrogen) atoms. The van der Waals surface area contributed by atoms with Crippen molar-refractivity contribution in [2.24, 2.45) is 0 Å². The second-order valence-electron chi connectivity index (χ2n) is 5.11. The number of benzene rings is 2. The molecule has 2 aromatic carbocycles. The summed E-state index contributed by atoms with van der Waals surface area (Å²) in [7, 11) is 0. The van der Waals surface area contributed by atoms with Gasteiger partial charge in [0.05, 0.1) is 5.52 Å². The van der Waals surface area contributed by atoms with Gasteiger partial charge in [-0.25, -0.2) is 9.97 Å². The van der Waals surface area contributed by atoms with Gasteiger partial charge in [-0.2, -0.15) is 0 Å². The molecule has 3 aromatic rings. The Morgan fingerprint density at radius 2 is 1.65 bits per heavy atom. The van der Waals surface area contributed by atoms with Crippen LogP contribution in [0.3, 0.4) is 0 Å². The average Bonchev–Trinajstić information content (AvgIpc) is 2.41. The van der Waals surface area contributed by atoms with Crippen molar-refractivity contribution in [3.8, 4) is 11.4 Å². The Labute approximate surface area is 123 Å². The molecular weight excluding hydrogens is 268 g/mol. The second-order valence-corrected chi connectivity index (χ2v) is 5.46. The third-order valence-electron chi connectivity index (χ3n) is 3.65. The SMILES string of the molecule is Cc1ccc(-c2nc(Cl)c3c(C)cccc3n2)cc1C. The van der Waals surface area contributed by atoms with Gasteiger partial charge in [-0.05, 0) is 49.6 Å². The summed E-state index contributed by atoms with van der Waals surface area (Å²) < 4.78 is 0. The molecule has 2 nitrogen and oxygen atoms in total. The average molecular weight is 283 g/mol. The summed E-state index contributed by atoms with van der Waals surface area (Å²) in [5, 5.41) is 1.45. The molecule has 3 heteroatoms. The van der Waals surface area contributed by atoms with Crippen LogP contribution in [-0.2, 0) is 0 Å². The van der Waals surface area contributed by atoms with Gasteiger partial charge < -0.3 is 0 Å². The Balaban J connectivity index is 2.25. The van der Waals surface area contributed by atoms with Crippen LogP contribution < -0.4 is 0 Å². The highest BCUT2D eigenvalue weighted by Crippen LogP contribution is 2.27. The van der Waals surface area contributed by atoms with E-state index in [2.05, 4.69) is 35.9 Å². The number of fused-ring (bicyclic) bond motifs is 1. The quantitative estimate of drug-likeness (QED) is 0.595. The number of aromatic nitrogens is 2. The number of hydrogen-bond donors (Lipinski definition) is 0. The van der Waals surface area contributed by atoms with Gasteiger partial charge in [-0.3, -0.25) is 0 Å². The Hall–Kier alpha value is -1.93. The summed E-state index contributed by atoms with van der Waals surface area (Å²) in [4.78, 5) is 9.10. The van der Waals surface area contributed by atoms with E-state index in [-0.39, 0.29) is 0 Å². The number of aryl methyl sites for hydroxylation is 3. The molecule has 0 aliphatic heterocycles. The highest BCUT2D eigenvalue weighted by Gasteiger charge is 2.10. The van der Waals surface area contributed by atoms with Crippen LogP contribution in [0.2, 0.25) is 5.15 Å². The molecule has 1 aromatic heterocycles. The van der Waals surface area contributed by atoms with E-state index in [0.29, 0.717) is 11.0 Å². The molecule has 0 aliphatic carbocycles. The second kappa shape index (κ2) is 4.88. The van der Waals surface area contributed by atoms with Gasteiger partial charge >= 0.3 is 0 Å². The fourth-order valence-electron chi connectivity index (χ4n) is 2.31. The van der Waals surface area contributed by atoms with E-state index in [1.807, 2.05) is 31.2 Å². The van der Waals surface area contributed by atoms with Crippen molar-refractivity contribution in [2.45, 2.75) is 20.8 Å². The molecule has 0 aliphatic rings. The van der Waals surface area contributed by atoms with Crippen LogP contribution in [0.25, 0.3) is 22.3 Å². The van der Waals surface area contributed by atoms with Crippen LogP contribution >= 0.6 is 11.6 Å². The first-order valence-corrected chi connectivity index (χ1v) is 6.94. The summed E-state index contributed by atoms with van der Waals surface area (Å²) in [5.74, 6) is 0.677. The van der Waals surface area contributed by atoms with E-state index >= 15 is 0 Å². The number of halogens is 1. The van der Waals surface area contributed by atoms with E-state index in [1.54, 1.807) is 0 Å². The summed E-state index contributed by atoms with van der Waals surface area (Å²) in [6, 6.07) is 12.2. The Kier molecular flexibility index (Phi) is 3.19. The molecule has 0 amide bonds. The monoisotopic (exact) mass is 282 g/mol. The lowest BCUT2D eigenvalue weighted by Gasteiger charge is -2.08. The fourth-order valence-corrected chi connectivity index (χ4v) is 2.64. The maximum Gasteiger partial charge on any atom is 0.161 e. The van der Waals surface area contributed by atoms with E-state index in [1.165, 1.54) is 11.1 Å². The van der Waals surface area contributed by atoms with Crippen molar-refractivity contribution >= 4 is 22.5 Å². The van der Waals surface area contributed by atoms with Crippen LogP contribution in [0.1, 0.15) is 16.7 Å². The van der Waals surface area contributed by atoms with Crippen LogP contribution in [-0.4, -0.2) is 9.97 Å². The molecule has 0 bridgehead atoms. The summed E-state index contributed by atoms with van der Waals surface area (Å²) in [6.07, 6.45) is 0. The van der Waals surface area contributed by atoms with Crippen molar-refractivity contribution in [3.63, 3.8) is 0 Å². The fraction of sp³-hybridized carbons (Fsp3) is 0.176. The lowest BCUT2D eigenvalue weighted by molar-refractivity contribution is 1.21. The van der Waals surface area contributed by atoms with Gasteiger partial charge in [0.25, 0.3) is 0 Å². The highest BCUT2D eigenvalue weighted by atomic mass is 35.5. The van der Waals surface area contributed by atoms with Gasteiger partial charge in [-0.1, -0.05) is 35.9 Å². The molecule has 0 fully saturated rings. The molecule has 0 N–H and O–H groups in total. The Morgan fingerprint density at radius 1 is 0.850 bits per heavy atom. The third kappa shape index (κ3) is 2.16. The molecule has 0 radical (unpaired) electrons. The van der Waals surface area contributed by atoms with Crippen LogP contribution in [0.15, 0.2) is 36.4 Å². The number of rotatable bonds is 1. The van der Waals surface area contributed by atoms with E-state index in [0.717, 1.165) is 22.0 Å². The van der Waals surface area contributed by atoms with Gasteiger partial charge in [0, 0.05) is 10.9 Å². The molecular formula is C17H15ClN2. The standard InChI is InChI=1S/C17H15ClN2/c1-10-7-8-13(9-12(10)3)17-19-14-6-4-5-11(2)15(14)16(18)20-17/h4-9H,1-3H3. The summed E-state index contributed by atoms with van der Waals surface area (Å²) >= 11 is 6.34. The first kappa shape index (κ1) is 13.1. The molecule has 0 spiro atoms. The van der Waals surface area contributed by atoms with Crippen LogP contribution in [0.5, 0.6) is 0 Å². The lowest BCUT2D eigenvalue weighted by atomic mass is 10.1. The predicted octanol–water partition coefficient (Wildman–Crippen LogP) is 4.88. The van der Waals surface area contributed by atoms with Crippen molar-refractivity contribution in [1.29, 1.82) is 0 Å². The van der Waals surface area contributed by atoms with Gasteiger partial charge in [-0.15, -0.1) is 0 Å². The first-order valence-electron chi connectivity index (χ1n) is 6.57. The Morgan fingerprint density at radius 3 is 2.40 bits per heavy atom. The molecule has 0 saturated carbocycles. The van der Waals surface area contributed by atoms with E-state index in [9.17, 15) is 0 Å². The van der Waals surface area contributed by atoms with Crippen molar-refractivity contribution < 1.29 is 0 Å². The minimum Gasteiger partial charge on any atom is -0.228 e. The predicted molar refractivity (Wildman–Crippen MR) is 84.2 cm³/mol. The minimum absolute atomic E-state index is 0.515. The molecule has 0 unspecified atom stereocenters. The van der Waals surface area contributed by atoms with Gasteiger partial charge in [0.1, 0.15) is 5.15 Å². The third-order valence-corrected chi connectivity index (χ3v) is 3.93. The van der Waals surface area contributed by atoms with Crippen molar-refractivity contribution in [3.05, 3.63) is 58.2 Å². The molecule has 100 valence electrons. The number of hydrogen-bond acceptors (Lipinski definition) is 2. The molecule has 1 heterocycles. The lowest BCUT2D eigenvalue weighted by Crippen LogP contribution is -1.94.